The van der Waals surface area contributed by atoms with Crippen LogP contribution in [0.1, 0.15) is 22.3 Å². The molecule has 0 atom stereocenters. The second-order valence-electron chi connectivity index (χ2n) is 7.74. The van der Waals surface area contributed by atoms with Gasteiger partial charge in [0.05, 0.1) is 5.56 Å². The summed E-state index contributed by atoms with van der Waals surface area (Å²) in [7, 11) is 0. The van der Waals surface area contributed by atoms with E-state index in [0.29, 0.717) is 22.7 Å². The van der Waals surface area contributed by atoms with E-state index in [4.69, 9.17) is 11.6 Å². The van der Waals surface area contributed by atoms with Crippen LogP contribution in [0.4, 0.5) is 18.9 Å². The number of rotatable bonds is 3. The number of hydrogen-bond acceptors (Lipinski definition) is 1. The summed E-state index contributed by atoms with van der Waals surface area (Å²) in [5, 5.41) is 4.11. The zero-order valence-electron chi connectivity index (χ0n) is 16.9. The van der Waals surface area contributed by atoms with Crippen molar-refractivity contribution in [3.05, 3.63) is 98.6 Å². The van der Waals surface area contributed by atoms with Crippen molar-refractivity contribution in [2.75, 3.05) is 5.32 Å². The van der Waals surface area contributed by atoms with Crippen LogP contribution in [-0.2, 0) is 17.5 Å². The van der Waals surface area contributed by atoms with Crippen LogP contribution in [0.15, 0.2) is 71.3 Å². The van der Waals surface area contributed by atoms with Gasteiger partial charge in [-0.1, -0.05) is 51.8 Å². The van der Waals surface area contributed by atoms with Crippen LogP contribution in [-0.4, -0.2) is 10.5 Å². The molecule has 1 N–H and O–H groups in total. The number of hydrogen-bond donors (Lipinski definition) is 1. The predicted molar refractivity (Wildman–Crippen MR) is 128 cm³/mol. The van der Waals surface area contributed by atoms with Crippen LogP contribution in [0.3, 0.4) is 0 Å². The summed E-state index contributed by atoms with van der Waals surface area (Å²) in [6.45, 7) is 0.526. The summed E-state index contributed by atoms with van der Waals surface area (Å²) in [6.07, 6.45) is -0.847. The Hall–Kier alpha value is -3.03. The van der Waals surface area contributed by atoms with Gasteiger partial charge in [0.2, 0.25) is 0 Å². The van der Waals surface area contributed by atoms with Gasteiger partial charge in [-0.05, 0) is 48.0 Å². The van der Waals surface area contributed by atoms with E-state index in [1.54, 1.807) is 6.08 Å². The molecule has 0 radical (unpaired) electrons. The summed E-state index contributed by atoms with van der Waals surface area (Å²) in [5.41, 5.74) is 2.77. The third-order valence-corrected chi connectivity index (χ3v) is 6.46. The van der Waals surface area contributed by atoms with E-state index in [1.165, 1.54) is 6.07 Å². The minimum Gasteiger partial charge on any atom is -0.342 e. The Morgan fingerprint density at radius 1 is 1.06 bits per heavy atom. The van der Waals surface area contributed by atoms with Crippen molar-refractivity contribution in [2.45, 2.75) is 12.7 Å². The molecule has 1 amide bonds. The Morgan fingerprint density at radius 3 is 2.61 bits per heavy atom. The van der Waals surface area contributed by atoms with E-state index in [9.17, 15) is 18.0 Å². The first-order chi connectivity index (χ1) is 15.7. The van der Waals surface area contributed by atoms with Gasteiger partial charge >= 0.3 is 6.18 Å². The summed E-state index contributed by atoms with van der Waals surface area (Å²) in [4.78, 5) is 12.6. The highest BCUT2D eigenvalue weighted by atomic mass is 79.9. The zero-order chi connectivity index (χ0) is 23.3. The van der Waals surface area contributed by atoms with E-state index < -0.39 is 17.6 Å². The summed E-state index contributed by atoms with van der Waals surface area (Å²) >= 11 is 9.84. The molecular weight excluding hydrogens is 517 g/mol. The Kier molecular flexibility index (Phi) is 5.34. The molecular formula is C25H15BrClF3N2O. The number of nitrogens with one attached hydrogen (secondary N) is 1. The fourth-order valence-electron chi connectivity index (χ4n) is 4.02. The number of anilines is 1. The number of fused-ring (bicyclic) bond motifs is 2. The molecule has 2 heterocycles. The number of benzene rings is 3. The maximum atomic E-state index is 13.1. The molecule has 1 aliphatic rings. The van der Waals surface area contributed by atoms with E-state index in [-0.39, 0.29) is 5.69 Å². The van der Waals surface area contributed by atoms with Crippen LogP contribution in [0.5, 0.6) is 0 Å². The molecule has 3 nitrogen and oxygen atoms in total. The molecule has 0 saturated heterocycles. The molecule has 0 unspecified atom stereocenters. The second-order valence-corrected chi connectivity index (χ2v) is 9.06. The van der Waals surface area contributed by atoms with Gasteiger partial charge in [0, 0.05) is 55.5 Å². The molecule has 166 valence electrons. The van der Waals surface area contributed by atoms with Crippen LogP contribution >= 0.6 is 27.5 Å². The lowest BCUT2D eigenvalue weighted by atomic mass is 10.0. The molecule has 8 heteroatoms. The average Bonchev–Trinajstić information content (AvgIpc) is 3.25. The maximum Gasteiger partial charge on any atom is 0.416 e. The van der Waals surface area contributed by atoms with Gasteiger partial charge in [-0.15, -0.1) is 0 Å². The van der Waals surface area contributed by atoms with Gasteiger partial charge in [-0.3, -0.25) is 4.79 Å². The van der Waals surface area contributed by atoms with Gasteiger partial charge in [-0.2, -0.15) is 13.2 Å². The molecule has 33 heavy (non-hydrogen) atoms. The third-order valence-electron chi connectivity index (χ3n) is 5.60. The monoisotopic (exact) mass is 530 g/mol. The number of amides is 1. The first-order valence-corrected chi connectivity index (χ1v) is 11.1. The quantitative estimate of drug-likeness (QED) is 0.271. The molecule has 0 bridgehead atoms. The molecule has 3 aromatic carbocycles. The fourth-order valence-corrected chi connectivity index (χ4v) is 4.58. The lowest BCUT2D eigenvalue weighted by Gasteiger charge is -2.08. The van der Waals surface area contributed by atoms with Gasteiger partial charge in [-0.25, -0.2) is 0 Å². The smallest absolute Gasteiger partial charge is 0.342 e. The molecule has 0 spiro atoms. The highest BCUT2D eigenvalue weighted by Gasteiger charge is 2.33. The highest BCUT2D eigenvalue weighted by Crippen LogP contribution is 2.39. The van der Waals surface area contributed by atoms with E-state index in [1.807, 2.05) is 53.2 Å². The van der Waals surface area contributed by atoms with E-state index in [0.717, 1.165) is 38.6 Å². The first-order valence-electron chi connectivity index (χ1n) is 9.97. The van der Waals surface area contributed by atoms with Gasteiger partial charge in [0.1, 0.15) is 0 Å². The molecule has 4 aromatic rings. The molecule has 1 aromatic heterocycles. The van der Waals surface area contributed by atoms with Crippen molar-refractivity contribution in [1.29, 1.82) is 0 Å². The van der Waals surface area contributed by atoms with Crippen LogP contribution in [0, 0.1) is 0 Å². The third kappa shape index (κ3) is 4.07. The number of nitrogens with zero attached hydrogens (tertiary/aromatic N) is 1. The minimum atomic E-state index is -4.48. The largest absolute Gasteiger partial charge is 0.416 e. The summed E-state index contributed by atoms with van der Waals surface area (Å²) in [6, 6.07) is 16.7. The SMILES string of the molecule is O=C1Nc2cc(C(F)(F)F)ccc2/C1=C\c1cn(Cc2ccccc2Cl)c2ccc(Br)cc12. The lowest BCUT2D eigenvalue weighted by molar-refractivity contribution is -0.137. The predicted octanol–water partition coefficient (Wildman–Crippen LogP) is 7.62. The van der Waals surface area contributed by atoms with Crippen LogP contribution in [0.2, 0.25) is 5.02 Å². The topological polar surface area (TPSA) is 34.0 Å². The molecule has 0 saturated carbocycles. The van der Waals surface area contributed by atoms with Gasteiger partial charge < -0.3 is 9.88 Å². The van der Waals surface area contributed by atoms with Gasteiger partial charge in [0.15, 0.2) is 0 Å². The molecule has 0 aliphatic carbocycles. The van der Waals surface area contributed by atoms with Crippen molar-refractivity contribution in [2.24, 2.45) is 0 Å². The Morgan fingerprint density at radius 2 is 1.85 bits per heavy atom. The first kappa shape index (κ1) is 21.8. The number of aromatic nitrogens is 1. The fraction of sp³-hybridized carbons (Fsp3) is 0.0800. The maximum absolute atomic E-state index is 13.1. The second kappa shape index (κ2) is 8.08. The standard InChI is InChI=1S/C25H15BrClF3N2O/c26-17-6-8-23-19(11-17)15(13-32(23)12-14-3-1-2-4-21(14)27)9-20-18-7-5-16(25(28,29)30)10-22(18)31-24(20)33/h1-11,13H,12H2,(H,31,33)/b20-9+. The normalized spacial score (nSPS) is 14.7. The molecule has 0 fully saturated rings. The van der Waals surface area contributed by atoms with Crippen LogP contribution < -0.4 is 5.32 Å². The number of carbonyl (C=O) groups excluding carboxylic acids is 1. The van der Waals surface area contributed by atoms with E-state index >= 15 is 0 Å². The minimum absolute atomic E-state index is 0.155. The zero-order valence-corrected chi connectivity index (χ0v) is 19.2. The molecule has 1 aliphatic heterocycles. The van der Waals surface area contributed by atoms with Crippen molar-refractivity contribution >= 4 is 61.7 Å². The highest BCUT2D eigenvalue weighted by molar-refractivity contribution is 9.10. The number of carbonyl (C=O) groups is 1. The number of halogens is 5. The van der Waals surface area contributed by atoms with Crippen molar-refractivity contribution in [3.63, 3.8) is 0 Å². The van der Waals surface area contributed by atoms with Gasteiger partial charge in [0.25, 0.3) is 5.91 Å². The average molecular weight is 532 g/mol. The van der Waals surface area contributed by atoms with Crippen LogP contribution in [0.25, 0.3) is 22.6 Å². The summed E-state index contributed by atoms with van der Waals surface area (Å²) in [5.74, 6) is -0.439. The van der Waals surface area contributed by atoms with Crippen molar-refractivity contribution in [3.8, 4) is 0 Å². The lowest BCUT2D eigenvalue weighted by Crippen LogP contribution is -2.06. The molecule has 5 rings (SSSR count). The van der Waals surface area contributed by atoms with Crippen molar-refractivity contribution in [1.82, 2.24) is 4.57 Å². The number of alkyl halides is 3. The summed E-state index contributed by atoms with van der Waals surface area (Å²) < 4.78 is 42.1. The van der Waals surface area contributed by atoms with E-state index in [2.05, 4.69) is 21.2 Å². The Labute approximate surface area is 200 Å². The Bertz CT molecular complexity index is 1460. The Balaban J connectivity index is 1.62. The van der Waals surface area contributed by atoms with Crippen molar-refractivity contribution < 1.29 is 18.0 Å².